The summed E-state index contributed by atoms with van der Waals surface area (Å²) in [5, 5.41) is 0. The van der Waals surface area contributed by atoms with Crippen LogP contribution in [0.1, 0.15) is 29.4 Å². The van der Waals surface area contributed by atoms with E-state index in [1.165, 1.54) is 11.3 Å². The molecular formula is C15H15BrO2S. The van der Waals surface area contributed by atoms with E-state index in [9.17, 15) is 4.79 Å². The SMILES string of the molecule is CCCC(=O)c1ccc(-c2ccc(Br)c(OC)c2)s1. The quantitative estimate of drug-likeness (QED) is 0.703. The third kappa shape index (κ3) is 3.25. The molecule has 2 rings (SSSR count). The summed E-state index contributed by atoms with van der Waals surface area (Å²) in [5.74, 6) is 1.02. The fraction of sp³-hybridized carbons (Fsp3) is 0.267. The van der Waals surface area contributed by atoms with Gasteiger partial charge in [0.15, 0.2) is 5.78 Å². The Morgan fingerprint density at radius 2 is 2.11 bits per heavy atom. The van der Waals surface area contributed by atoms with Crippen molar-refractivity contribution in [2.24, 2.45) is 0 Å². The molecule has 2 nitrogen and oxygen atoms in total. The number of Topliss-reactive ketones (excluding diaryl/α,β-unsaturated/α-hetero) is 1. The number of carbonyl (C=O) groups excluding carboxylic acids is 1. The summed E-state index contributed by atoms with van der Waals surface area (Å²) in [6.45, 7) is 2.02. The van der Waals surface area contributed by atoms with Gasteiger partial charge in [-0.25, -0.2) is 0 Å². The number of thiophene rings is 1. The fourth-order valence-electron chi connectivity index (χ4n) is 1.81. The molecule has 0 radical (unpaired) electrons. The molecule has 0 atom stereocenters. The lowest BCUT2D eigenvalue weighted by Gasteiger charge is -2.05. The summed E-state index contributed by atoms with van der Waals surface area (Å²) < 4.78 is 6.22. The standard InChI is InChI=1S/C15H15BrO2S/c1-3-4-12(17)15-8-7-14(19-15)10-5-6-11(16)13(9-10)18-2/h5-9H,3-4H2,1-2H3. The maximum Gasteiger partial charge on any atom is 0.172 e. The summed E-state index contributed by atoms with van der Waals surface area (Å²) >= 11 is 4.98. The van der Waals surface area contributed by atoms with Crippen LogP contribution in [0.25, 0.3) is 10.4 Å². The number of ether oxygens (including phenoxy) is 1. The van der Waals surface area contributed by atoms with E-state index in [0.29, 0.717) is 6.42 Å². The highest BCUT2D eigenvalue weighted by Crippen LogP contribution is 2.34. The third-order valence-corrected chi connectivity index (χ3v) is 4.62. The Labute approximate surface area is 125 Å². The van der Waals surface area contributed by atoms with Crippen LogP contribution in [0.3, 0.4) is 0 Å². The van der Waals surface area contributed by atoms with Crippen LogP contribution in [0.5, 0.6) is 5.75 Å². The Balaban J connectivity index is 2.30. The molecule has 0 amide bonds. The summed E-state index contributed by atoms with van der Waals surface area (Å²) in [5.41, 5.74) is 1.07. The van der Waals surface area contributed by atoms with Crippen molar-refractivity contribution in [3.8, 4) is 16.2 Å². The van der Waals surface area contributed by atoms with Gasteiger partial charge in [0, 0.05) is 11.3 Å². The molecule has 0 saturated carbocycles. The molecule has 0 aliphatic carbocycles. The highest BCUT2D eigenvalue weighted by atomic mass is 79.9. The van der Waals surface area contributed by atoms with E-state index in [-0.39, 0.29) is 5.78 Å². The van der Waals surface area contributed by atoms with Gasteiger partial charge in [-0.05, 0) is 52.2 Å². The van der Waals surface area contributed by atoms with Gasteiger partial charge in [0.2, 0.25) is 0 Å². The second-order valence-corrected chi connectivity index (χ2v) is 6.12. The molecule has 19 heavy (non-hydrogen) atoms. The van der Waals surface area contributed by atoms with Crippen molar-refractivity contribution in [3.63, 3.8) is 0 Å². The van der Waals surface area contributed by atoms with Gasteiger partial charge in [-0.15, -0.1) is 11.3 Å². The zero-order chi connectivity index (χ0) is 13.8. The fourth-order valence-corrected chi connectivity index (χ4v) is 3.18. The molecule has 0 spiro atoms. The van der Waals surface area contributed by atoms with E-state index >= 15 is 0 Å². The highest BCUT2D eigenvalue weighted by Gasteiger charge is 2.10. The number of ketones is 1. The first kappa shape index (κ1) is 14.3. The summed E-state index contributed by atoms with van der Waals surface area (Å²) in [6, 6.07) is 9.86. The van der Waals surface area contributed by atoms with Gasteiger partial charge in [0.25, 0.3) is 0 Å². The predicted molar refractivity (Wildman–Crippen MR) is 83.2 cm³/mol. The number of rotatable bonds is 5. The van der Waals surface area contributed by atoms with Gasteiger partial charge in [0.05, 0.1) is 16.5 Å². The molecule has 4 heteroatoms. The molecular weight excluding hydrogens is 324 g/mol. The van der Waals surface area contributed by atoms with Crippen LogP contribution >= 0.6 is 27.3 Å². The smallest absolute Gasteiger partial charge is 0.172 e. The van der Waals surface area contributed by atoms with Gasteiger partial charge in [-0.3, -0.25) is 4.79 Å². The van der Waals surface area contributed by atoms with Gasteiger partial charge in [-0.2, -0.15) is 0 Å². The molecule has 1 heterocycles. The minimum absolute atomic E-state index is 0.225. The van der Waals surface area contributed by atoms with Crippen LogP contribution in [0.15, 0.2) is 34.8 Å². The van der Waals surface area contributed by atoms with Crippen LogP contribution in [0.4, 0.5) is 0 Å². The van der Waals surface area contributed by atoms with Crippen molar-refractivity contribution in [1.29, 1.82) is 0 Å². The van der Waals surface area contributed by atoms with Crippen molar-refractivity contribution in [2.45, 2.75) is 19.8 Å². The molecule has 0 N–H and O–H groups in total. The van der Waals surface area contributed by atoms with E-state index in [4.69, 9.17) is 4.74 Å². The predicted octanol–water partition coefficient (Wildman–Crippen LogP) is 5.17. The summed E-state index contributed by atoms with van der Waals surface area (Å²) in [6.07, 6.45) is 1.50. The van der Waals surface area contributed by atoms with Gasteiger partial charge in [0.1, 0.15) is 5.75 Å². The van der Waals surface area contributed by atoms with Crippen molar-refractivity contribution >= 4 is 33.0 Å². The lowest BCUT2D eigenvalue weighted by Crippen LogP contribution is -1.93. The molecule has 0 bridgehead atoms. The van der Waals surface area contributed by atoms with Gasteiger partial charge >= 0.3 is 0 Å². The summed E-state index contributed by atoms with van der Waals surface area (Å²) in [7, 11) is 1.65. The Bertz CT molecular complexity index is 590. The molecule has 0 aliphatic rings. The van der Waals surface area contributed by atoms with Crippen LogP contribution in [-0.4, -0.2) is 12.9 Å². The van der Waals surface area contributed by atoms with Crippen LogP contribution in [0, 0.1) is 0 Å². The van der Waals surface area contributed by atoms with Crippen LogP contribution < -0.4 is 4.74 Å². The average molecular weight is 339 g/mol. The molecule has 0 aliphatic heterocycles. The third-order valence-electron chi connectivity index (χ3n) is 2.79. The van der Waals surface area contributed by atoms with E-state index in [2.05, 4.69) is 15.9 Å². The van der Waals surface area contributed by atoms with Gasteiger partial charge < -0.3 is 4.74 Å². The van der Waals surface area contributed by atoms with E-state index in [1.54, 1.807) is 7.11 Å². The molecule has 2 aromatic rings. The first-order valence-electron chi connectivity index (χ1n) is 6.12. The van der Waals surface area contributed by atoms with Crippen LogP contribution in [0.2, 0.25) is 0 Å². The molecule has 0 fully saturated rings. The Kier molecular flexibility index (Phi) is 4.77. The van der Waals surface area contributed by atoms with Crippen LogP contribution in [-0.2, 0) is 0 Å². The zero-order valence-corrected chi connectivity index (χ0v) is 13.3. The Hall–Kier alpha value is -1.13. The van der Waals surface area contributed by atoms with E-state index in [0.717, 1.165) is 32.0 Å². The number of carbonyl (C=O) groups is 1. The molecule has 1 aromatic carbocycles. The first-order valence-corrected chi connectivity index (χ1v) is 7.73. The first-order chi connectivity index (χ1) is 9.15. The number of halogens is 1. The Morgan fingerprint density at radius 3 is 2.79 bits per heavy atom. The minimum Gasteiger partial charge on any atom is -0.496 e. The maximum atomic E-state index is 11.8. The zero-order valence-electron chi connectivity index (χ0n) is 10.9. The maximum absolute atomic E-state index is 11.8. The number of hydrogen-bond acceptors (Lipinski definition) is 3. The molecule has 1 aromatic heterocycles. The second kappa shape index (κ2) is 6.35. The van der Waals surface area contributed by atoms with Crippen molar-refractivity contribution in [1.82, 2.24) is 0 Å². The largest absolute Gasteiger partial charge is 0.496 e. The van der Waals surface area contributed by atoms with Crippen molar-refractivity contribution < 1.29 is 9.53 Å². The number of hydrogen-bond donors (Lipinski definition) is 0. The molecule has 100 valence electrons. The lowest BCUT2D eigenvalue weighted by atomic mass is 10.1. The van der Waals surface area contributed by atoms with Crippen molar-refractivity contribution in [2.75, 3.05) is 7.11 Å². The topological polar surface area (TPSA) is 26.3 Å². The van der Waals surface area contributed by atoms with Crippen molar-refractivity contribution in [3.05, 3.63) is 39.7 Å². The molecule has 0 unspecified atom stereocenters. The lowest BCUT2D eigenvalue weighted by molar-refractivity contribution is 0.0985. The minimum atomic E-state index is 0.225. The molecule has 0 saturated heterocycles. The van der Waals surface area contributed by atoms with Gasteiger partial charge in [-0.1, -0.05) is 13.0 Å². The average Bonchev–Trinajstić information content (AvgIpc) is 2.89. The summed E-state index contributed by atoms with van der Waals surface area (Å²) in [4.78, 5) is 13.8. The monoisotopic (exact) mass is 338 g/mol. The second-order valence-electron chi connectivity index (χ2n) is 4.19. The van der Waals surface area contributed by atoms with E-state index < -0.39 is 0 Å². The Morgan fingerprint density at radius 1 is 1.32 bits per heavy atom. The highest BCUT2D eigenvalue weighted by molar-refractivity contribution is 9.10. The van der Waals surface area contributed by atoms with E-state index in [1.807, 2.05) is 37.3 Å². The number of methoxy groups -OCH3 is 1. The number of benzene rings is 1. The normalized spacial score (nSPS) is 10.5.